The van der Waals surface area contributed by atoms with Crippen LogP contribution in [0.5, 0.6) is 0 Å². The lowest BCUT2D eigenvalue weighted by molar-refractivity contribution is 0.0952. The molecule has 4 nitrogen and oxygen atoms in total. The predicted molar refractivity (Wildman–Crippen MR) is 116 cm³/mol. The molecule has 0 atom stereocenters. The highest BCUT2D eigenvalue weighted by atomic mass is 79.9. The number of aliphatic hydroxyl groups excluding tert-OH is 1. The highest BCUT2D eigenvalue weighted by molar-refractivity contribution is 9.10. The number of aliphatic hydroxyl groups is 1. The van der Waals surface area contributed by atoms with Gasteiger partial charge in [0.25, 0.3) is 5.91 Å². The van der Waals surface area contributed by atoms with Crippen LogP contribution in [0.25, 0.3) is 0 Å². The van der Waals surface area contributed by atoms with Crippen LogP contribution in [0.15, 0.2) is 22.9 Å². The molecule has 27 heavy (non-hydrogen) atoms. The van der Waals surface area contributed by atoms with E-state index >= 15 is 0 Å². The first-order chi connectivity index (χ1) is 13.2. The first-order valence-corrected chi connectivity index (χ1v) is 11.5. The van der Waals surface area contributed by atoms with Gasteiger partial charge in [-0.15, -0.1) is 0 Å². The Balaban J connectivity index is 1.80. The average Bonchev–Trinajstić information content (AvgIpc) is 2.68. The minimum Gasteiger partial charge on any atom is -0.396 e. The Kier molecular flexibility index (Phi) is 15.3. The van der Waals surface area contributed by atoms with Crippen LogP contribution in [0.4, 0.5) is 0 Å². The van der Waals surface area contributed by atoms with Crippen LogP contribution >= 0.6 is 15.9 Å². The van der Waals surface area contributed by atoms with Crippen molar-refractivity contribution in [3.63, 3.8) is 0 Å². The lowest BCUT2D eigenvalue weighted by Gasteiger charge is -2.05. The van der Waals surface area contributed by atoms with Crippen molar-refractivity contribution in [1.29, 1.82) is 0 Å². The van der Waals surface area contributed by atoms with E-state index in [4.69, 9.17) is 5.11 Å². The third-order valence-electron chi connectivity index (χ3n) is 4.86. The van der Waals surface area contributed by atoms with Crippen molar-refractivity contribution in [1.82, 2.24) is 10.3 Å². The Bertz CT molecular complexity index is 480. The summed E-state index contributed by atoms with van der Waals surface area (Å²) in [5.74, 6) is -0.0385. The molecule has 2 N–H and O–H groups in total. The van der Waals surface area contributed by atoms with Crippen LogP contribution in [0, 0.1) is 0 Å². The van der Waals surface area contributed by atoms with Gasteiger partial charge in [0.15, 0.2) is 0 Å². The Morgan fingerprint density at radius 3 is 1.74 bits per heavy atom. The largest absolute Gasteiger partial charge is 0.396 e. The smallest absolute Gasteiger partial charge is 0.252 e. The van der Waals surface area contributed by atoms with E-state index in [2.05, 4.69) is 26.2 Å². The molecule has 0 unspecified atom stereocenters. The van der Waals surface area contributed by atoms with Crippen molar-refractivity contribution in [3.05, 3.63) is 28.5 Å². The summed E-state index contributed by atoms with van der Waals surface area (Å²) < 4.78 is 0.744. The number of nitrogens with zero attached hydrogens (tertiary/aromatic N) is 1. The fourth-order valence-electron chi connectivity index (χ4n) is 3.17. The Morgan fingerprint density at radius 2 is 1.30 bits per heavy atom. The third-order valence-corrected chi connectivity index (χ3v) is 5.33. The molecule has 0 aliphatic rings. The van der Waals surface area contributed by atoms with Crippen LogP contribution < -0.4 is 5.32 Å². The number of halogens is 1. The number of hydrogen-bond donors (Lipinski definition) is 2. The first-order valence-electron chi connectivity index (χ1n) is 10.7. The molecule has 0 aliphatic heterocycles. The lowest BCUT2D eigenvalue weighted by Crippen LogP contribution is -2.24. The first kappa shape index (κ1) is 24.1. The van der Waals surface area contributed by atoms with Crippen molar-refractivity contribution in [2.45, 2.75) is 89.9 Å². The molecule has 1 amide bonds. The van der Waals surface area contributed by atoms with Crippen LogP contribution in [0.3, 0.4) is 0 Å². The highest BCUT2D eigenvalue weighted by Crippen LogP contribution is 2.13. The number of carbonyl (C=O) groups is 1. The van der Waals surface area contributed by atoms with E-state index in [0.29, 0.717) is 12.2 Å². The maximum atomic E-state index is 11.9. The third kappa shape index (κ3) is 13.8. The van der Waals surface area contributed by atoms with Gasteiger partial charge in [0, 0.05) is 19.3 Å². The topological polar surface area (TPSA) is 62.2 Å². The van der Waals surface area contributed by atoms with E-state index in [1.54, 1.807) is 18.3 Å². The SMILES string of the molecule is O=C(NCCCCCCCCCCCCCCCCO)c1ccc(Br)nc1. The second-order valence-corrected chi connectivity index (χ2v) is 8.11. The Hall–Kier alpha value is -0.940. The fourth-order valence-corrected chi connectivity index (χ4v) is 3.41. The molecule has 0 saturated carbocycles. The maximum Gasteiger partial charge on any atom is 0.252 e. The van der Waals surface area contributed by atoms with Crippen molar-refractivity contribution >= 4 is 21.8 Å². The summed E-state index contributed by atoms with van der Waals surface area (Å²) in [4.78, 5) is 16.0. The fraction of sp³-hybridized carbons (Fsp3) is 0.727. The summed E-state index contributed by atoms with van der Waals surface area (Å²) in [5.41, 5.74) is 0.614. The molecule has 5 heteroatoms. The Morgan fingerprint density at radius 1 is 0.815 bits per heavy atom. The van der Waals surface area contributed by atoms with E-state index < -0.39 is 0 Å². The van der Waals surface area contributed by atoms with Crippen LogP contribution in [0.2, 0.25) is 0 Å². The maximum absolute atomic E-state index is 11.9. The summed E-state index contributed by atoms with van der Waals surface area (Å²) in [6.45, 7) is 1.09. The normalized spacial score (nSPS) is 10.9. The van der Waals surface area contributed by atoms with E-state index in [-0.39, 0.29) is 5.91 Å². The van der Waals surface area contributed by atoms with Crippen molar-refractivity contribution < 1.29 is 9.90 Å². The van der Waals surface area contributed by atoms with E-state index in [9.17, 15) is 4.79 Å². The second-order valence-electron chi connectivity index (χ2n) is 7.30. The van der Waals surface area contributed by atoms with Gasteiger partial charge in [-0.1, -0.05) is 77.0 Å². The van der Waals surface area contributed by atoms with Gasteiger partial charge in [-0.25, -0.2) is 4.98 Å². The van der Waals surface area contributed by atoms with Crippen LogP contribution in [-0.2, 0) is 0 Å². The predicted octanol–water partition coefficient (Wildman–Crippen LogP) is 6.03. The number of rotatable bonds is 17. The molecule has 1 aromatic rings. The molecule has 0 saturated heterocycles. The van der Waals surface area contributed by atoms with E-state index in [1.165, 1.54) is 77.0 Å². The van der Waals surface area contributed by atoms with Gasteiger partial charge in [0.05, 0.1) is 5.56 Å². The molecule has 1 heterocycles. The van der Waals surface area contributed by atoms with Gasteiger partial charge < -0.3 is 10.4 Å². The summed E-state index contributed by atoms with van der Waals surface area (Å²) in [6.07, 6.45) is 19.3. The minimum atomic E-state index is -0.0385. The quantitative estimate of drug-likeness (QED) is 0.229. The summed E-state index contributed by atoms with van der Waals surface area (Å²) in [6, 6.07) is 3.57. The average molecular weight is 441 g/mol. The molecule has 0 fully saturated rings. The molecule has 0 aliphatic carbocycles. The number of aromatic nitrogens is 1. The zero-order chi connectivity index (χ0) is 19.6. The number of carbonyl (C=O) groups excluding carboxylic acids is 1. The zero-order valence-corrected chi connectivity index (χ0v) is 18.3. The van der Waals surface area contributed by atoms with E-state index in [1.807, 2.05) is 0 Å². The molecule has 1 aromatic heterocycles. The summed E-state index contributed by atoms with van der Waals surface area (Å²) >= 11 is 3.27. The van der Waals surface area contributed by atoms with Gasteiger partial charge >= 0.3 is 0 Å². The molecule has 0 aromatic carbocycles. The molecule has 0 radical (unpaired) electrons. The van der Waals surface area contributed by atoms with Gasteiger partial charge in [-0.05, 0) is 40.9 Å². The van der Waals surface area contributed by atoms with Crippen molar-refractivity contribution in [3.8, 4) is 0 Å². The van der Waals surface area contributed by atoms with Gasteiger partial charge in [-0.3, -0.25) is 4.79 Å². The van der Waals surface area contributed by atoms with E-state index in [0.717, 1.165) is 24.0 Å². The van der Waals surface area contributed by atoms with Gasteiger partial charge in [0.1, 0.15) is 4.60 Å². The second kappa shape index (κ2) is 17.2. The van der Waals surface area contributed by atoms with Crippen molar-refractivity contribution in [2.24, 2.45) is 0 Å². The van der Waals surface area contributed by atoms with Crippen LogP contribution in [0.1, 0.15) is 100 Å². The molecule has 0 bridgehead atoms. The number of pyridine rings is 1. The molecule has 1 rings (SSSR count). The minimum absolute atomic E-state index is 0.0385. The summed E-state index contributed by atoms with van der Waals surface area (Å²) in [7, 11) is 0. The highest BCUT2D eigenvalue weighted by Gasteiger charge is 2.04. The van der Waals surface area contributed by atoms with Crippen LogP contribution in [-0.4, -0.2) is 29.1 Å². The standard InChI is InChI=1S/C22H37BrN2O2/c23-21-16-15-20(19-25-21)22(27)24-17-13-11-9-7-5-3-1-2-4-6-8-10-12-14-18-26/h15-16,19,26H,1-14,17-18H2,(H,24,27). The number of nitrogens with one attached hydrogen (secondary N) is 1. The molecule has 0 spiro atoms. The molecular formula is C22H37BrN2O2. The number of hydrogen-bond acceptors (Lipinski definition) is 3. The molecular weight excluding hydrogens is 404 g/mol. The summed E-state index contributed by atoms with van der Waals surface area (Å²) in [5, 5.41) is 11.7. The van der Waals surface area contributed by atoms with Crippen molar-refractivity contribution in [2.75, 3.05) is 13.2 Å². The lowest BCUT2D eigenvalue weighted by atomic mass is 10.0. The number of unbranched alkanes of at least 4 members (excludes halogenated alkanes) is 13. The van der Waals surface area contributed by atoms with Gasteiger partial charge in [0.2, 0.25) is 0 Å². The molecule has 154 valence electrons. The number of amides is 1. The van der Waals surface area contributed by atoms with Gasteiger partial charge in [-0.2, -0.15) is 0 Å². The Labute approximate surface area is 173 Å². The zero-order valence-electron chi connectivity index (χ0n) is 16.7. The monoisotopic (exact) mass is 440 g/mol.